The molecule has 1 fully saturated rings. The first-order chi connectivity index (χ1) is 10.8. The van der Waals surface area contributed by atoms with Crippen molar-refractivity contribution in [2.24, 2.45) is 0 Å². The van der Waals surface area contributed by atoms with Gasteiger partial charge in [-0.05, 0) is 29.8 Å². The Hall–Kier alpha value is -2.78. The second-order valence-corrected chi connectivity index (χ2v) is 4.91. The number of amides is 1. The minimum absolute atomic E-state index is 0.294. The van der Waals surface area contributed by atoms with Crippen LogP contribution in [0.1, 0.15) is 17.1 Å². The zero-order valence-electron chi connectivity index (χ0n) is 11.9. The summed E-state index contributed by atoms with van der Waals surface area (Å²) < 4.78 is 10.2. The number of nitrogens with zero attached hydrogens (tertiary/aromatic N) is 2. The van der Waals surface area contributed by atoms with Crippen molar-refractivity contribution in [1.82, 2.24) is 5.32 Å². The Morgan fingerprint density at radius 3 is 2.64 bits per heavy atom. The number of nitrogens with one attached hydrogen (secondary N) is 1. The van der Waals surface area contributed by atoms with Gasteiger partial charge in [0.15, 0.2) is 0 Å². The van der Waals surface area contributed by atoms with Gasteiger partial charge in [0.2, 0.25) is 5.76 Å². The van der Waals surface area contributed by atoms with E-state index < -0.39 is 0 Å². The number of cyclic esters (lactones) is 1. The summed E-state index contributed by atoms with van der Waals surface area (Å²) in [5, 5.41) is 11.9. The number of benzene rings is 1. The molecule has 0 radical (unpaired) electrons. The standard InChI is InChI=1S/C16H15N3O3/c17-9-14-5-6-15(22-14)11-18-10-12-1-3-13(4-2-12)19-7-8-21-16(19)20/h1-6,18H,7-8,10-11H2. The fourth-order valence-electron chi connectivity index (χ4n) is 2.28. The lowest BCUT2D eigenvalue weighted by molar-refractivity contribution is 0.181. The summed E-state index contributed by atoms with van der Waals surface area (Å²) in [4.78, 5) is 13.1. The number of hydrogen-bond acceptors (Lipinski definition) is 5. The van der Waals surface area contributed by atoms with Crippen molar-refractivity contribution < 1.29 is 13.9 Å². The van der Waals surface area contributed by atoms with Crippen LogP contribution in [0.5, 0.6) is 0 Å². The van der Waals surface area contributed by atoms with Crippen molar-refractivity contribution in [2.45, 2.75) is 13.1 Å². The monoisotopic (exact) mass is 297 g/mol. The van der Waals surface area contributed by atoms with Gasteiger partial charge in [-0.2, -0.15) is 5.26 Å². The Morgan fingerprint density at radius 2 is 2.00 bits per heavy atom. The van der Waals surface area contributed by atoms with E-state index in [1.807, 2.05) is 30.3 Å². The van der Waals surface area contributed by atoms with Gasteiger partial charge in [-0.15, -0.1) is 0 Å². The molecule has 0 unspecified atom stereocenters. The number of furan rings is 1. The quantitative estimate of drug-likeness (QED) is 0.916. The summed E-state index contributed by atoms with van der Waals surface area (Å²) in [6.45, 7) is 2.27. The molecule has 1 N–H and O–H groups in total. The number of carbonyl (C=O) groups excluding carboxylic acids is 1. The average molecular weight is 297 g/mol. The highest BCUT2D eigenvalue weighted by Gasteiger charge is 2.23. The molecule has 6 heteroatoms. The van der Waals surface area contributed by atoms with E-state index in [1.54, 1.807) is 17.0 Å². The van der Waals surface area contributed by atoms with E-state index in [0.717, 1.165) is 17.0 Å². The van der Waals surface area contributed by atoms with Crippen molar-refractivity contribution >= 4 is 11.8 Å². The molecule has 1 amide bonds. The highest BCUT2D eigenvalue weighted by molar-refractivity contribution is 5.89. The molecule has 0 atom stereocenters. The molecular weight excluding hydrogens is 282 g/mol. The molecule has 3 rings (SSSR count). The summed E-state index contributed by atoms with van der Waals surface area (Å²) in [5.74, 6) is 1.05. The minimum atomic E-state index is -0.294. The first kappa shape index (κ1) is 14.2. The van der Waals surface area contributed by atoms with Crippen LogP contribution in [0.4, 0.5) is 10.5 Å². The third kappa shape index (κ3) is 3.10. The molecule has 0 saturated carbocycles. The van der Waals surface area contributed by atoms with Gasteiger partial charge in [-0.3, -0.25) is 4.90 Å². The van der Waals surface area contributed by atoms with Crippen LogP contribution < -0.4 is 10.2 Å². The van der Waals surface area contributed by atoms with E-state index in [1.165, 1.54) is 0 Å². The van der Waals surface area contributed by atoms with E-state index in [0.29, 0.717) is 32.0 Å². The van der Waals surface area contributed by atoms with Gasteiger partial charge in [0, 0.05) is 12.2 Å². The van der Waals surface area contributed by atoms with E-state index in [4.69, 9.17) is 14.4 Å². The van der Waals surface area contributed by atoms with Crippen LogP contribution in [-0.4, -0.2) is 19.2 Å². The van der Waals surface area contributed by atoms with Crippen LogP contribution in [0.3, 0.4) is 0 Å². The van der Waals surface area contributed by atoms with Crippen LogP contribution in [0.2, 0.25) is 0 Å². The third-order valence-corrected chi connectivity index (χ3v) is 3.41. The van der Waals surface area contributed by atoms with Gasteiger partial charge in [-0.25, -0.2) is 4.79 Å². The SMILES string of the molecule is N#Cc1ccc(CNCc2ccc(N3CCOC3=O)cc2)o1. The third-order valence-electron chi connectivity index (χ3n) is 3.41. The maximum Gasteiger partial charge on any atom is 0.414 e. The number of hydrogen-bond donors (Lipinski definition) is 1. The Kier molecular flexibility index (Phi) is 4.08. The van der Waals surface area contributed by atoms with Crippen molar-refractivity contribution in [3.63, 3.8) is 0 Å². The predicted octanol–water partition coefficient (Wildman–Crippen LogP) is 2.40. The van der Waals surface area contributed by atoms with E-state index in [-0.39, 0.29) is 6.09 Å². The second-order valence-electron chi connectivity index (χ2n) is 4.91. The van der Waals surface area contributed by atoms with Crippen LogP contribution in [0.15, 0.2) is 40.8 Å². The zero-order chi connectivity index (χ0) is 15.4. The predicted molar refractivity (Wildman–Crippen MR) is 79.1 cm³/mol. The molecule has 0 bridgehead atoms. The van der Waals surface area contributed by atoms with Gasteiger partial charge in [0.25, 0.3) is 0 Å². The fourth-order valence-corrected chi connectivity index (χ4v) is 2.28. The van der Waals surface area contributed by atoms with E-state index in [9.17, 15) is 4.79 Å². The molecule has 22 heavy (non-hydrogen) atoms. The van der Waals surface area contributed by atoms with Crippen LogP contribution in [0, 0.1) is 11.3 Å². The summed E-state index contributed by atoms with van der Waals surface area (Å²) in [5.41, 5.74) is 1.94. The largest absolute Gasteiger partial charge is 0.449 e. The molecule has 112 valence electrons. The van der Waals surface area contributed by atoms with Gasteiger partial charge in [-0.1, -0.05) is 12.1 Å². The number of rotatable bonds is 5. The fraction of sp³-hybridized carbons (Fsp3) is 0.250. The second kappa shape index (κ2) is 6.33. The number of carbonyl (C=O) groups is 1. The Balaban J connectivity index is 1.53. The normalized spacial score (nSPS) is 14.0. The highest BCUT2D eigenvalue weighted by Crippen LogP contribution is 2.19. The summed E-state index contributed by atoms with van der Waals surface area (Å²) >= 11 is 0. The number of anilines is 1. The molecule has 6 nitrogen and oxygen atoms in total. The molecule has 1 aromatic heterocycles. The molecule has 2 aromatic rings. The molecule has 2 heterocycles. The molecule has 0 aliphatic carbocycles. The molecule has 1 aliphatic rings. The smallest absolute Gasteiger partial charge is 0.414 e. The van der Waals surface area contributed by atoms with Crippen molar-refractivity contribution in [1.29, 1.82) is 5.26 Å². The molecular formula is C16H15N3O3. The highest BCUT2D eigenvalue weighted by atomic mass is 16.6. The Labute approximate surface area is 127 Å². The van der Waals surface area contributed by atoms with Gasteiger partial charge in [0.1, 0.15) is 18.4 Å². The Bertz CT molecular complexity index is 700. The maximum absolute atomic E-state index is 11.5. The van der Waals surface area contributed by atoms with Crippen LogP contribution in [-0.2, 0) is 17.8 Å². The first-order valence-electron chi connectivity index (χ1n) is 6.99. The Morgan fingerprint density at radius 1 is 1.18 bits per heavy atom. The molecule has 1 aromatic carbocycles. The number of nitriles is 1. The molecule has 1 saturated heterocycles. The minimum Gasteiger partial charge on any atom is -0.449 e. The average Bonchev–Trinajstić information content (AvgIpc) is 3.17. The molecule has 0 spiro atoms. The van der Waals surface area contributed by atoms with Gasteiger partial charge < -0.3 is 14.5 Å². The van der Waals surface area contributed by atoms with Crippen LogP contribution in [0.25, 0.3) is 0 Å². The lowest BCUT2D eigenvalue weighted by Crippen LogP contribution is -2.23. The van der Waals surface area contributed by atoms with Crippen molar-refractivity contribution in [3.05, 3.63) is 53.5 Å². The van der Waals surface area contributed by atoms with E-state index >= 15 is 0 Å². The van der Waals surface area contributed by atoms with Crippen molar-refractivity contribution in [2.75, 3.05) is 18.1 Å². The molecule has 1 aliphatic heterocycles. The van der Waals surface area contributed by atoms with Crippen LogP contribution >= 0.6 is 0 Å². The number of ether oxygens (including phenoxy) is 1. The first-order valence-corrected chi connectivity index (χ1v) is 6.99. The lowest BCUT2D eigenvalue weighted by atomic mass is 10.2. The van der Waals surface area contributed by atoms with E-state index in [2.05, 4.69) is 5.32 Å². The van der Waals surface area contributed by atoms with Gasteiger partial charge in [0.05, 0.1) is 13.1 Å². The maximum atomic E-state index is 11.5. The van der Waals surface area contributed by atoms with Crippen molar-refractivity contribution in [3.8, 4) is 6.07 Å². The lowest BCUT2D eigenvalue weighted by Gasteiger charge is -2.13. The summed E-state index contributed by atoms with van der Waals surface area (Å²) in [7, 11) is 0. The topological polar surface area (TPSA) is 78.5 Å². The summed E-state index contributed by atoms with van der Waals surface area (Å²) in [6.07, 6.45) is -0.294. The summed E-state index contributed by atoms with van der Waals surface area (Å²) in [6, 6.07) is 13.1. The zero-order valence-corrected chi connectivity index (χ0v) is 11.9. The van der Waals surface area contributed by atoms with Gasteiger partial charge >= 0.3 is 6.09 Å².